The summed E-state index contributed by atoms with van der Waals surface area (Å²) in [7, 11) is 1.58. The van der Waals surface area contributed by atoms with Crippen molar-refractivity contribution in [1.82, 2.24) is 15.0 Å². The molecule has 2 aromatic carbocycles. The van der Waals surface area contributed by atoms with E-state index in [2.05, 4.69) is 17.0 Å². The Bertz CT molecular complexity index is 1190. The van der Waals surface area contributed by atoms with Crippen molar-refractivity contribution < 1.29 is 14.3 Å². The molecule has 1 aromatic heterocycles. The normalized spacial score (nSPS) is 12.6. The van der Waals surface area contributed by atoms with Crippen LogP contribution in [0.4, 0.5) is 4.39 Å². The van der Waals surface area contributed by atoms with Crippen LogP contribution in [0.1, 0.15) is 49.8 Å². The topological polar surface area (TPSA) is 59.3 Å². The fourth-order valence-corrected chi connectivity index (χ4v) is 3.57. The van der Waals surface area contributed by atoms with Gasteiger partial charge in [0.15, 0.2) is 0 Å². The van der Waals surface area contributed by atoms with Crippen LogP contribution in [-0.4, -0.2) is 21.8 Å². The van der Waals surface area contributed by atoms with Crippen LogP contribution in [-0.2, 0) is 16.9 Å². The fourth-order valence-electron chi connectivity index (χ4n) is 3.57. The molecule has 0 unspecified atom stereocenters. The van der Waals surface area contributed by atoms with Crippen LogP contribution in [0, 0.1) is 5.82 Å². The van der Waals surface area contributed by atoms with E-state index in [1.54, 1.807) is 45.2 Å². The molecule has 0 amide bonds. The lowest BCUT2D eigenvalue weighted by atomic mass is 10.0. The third-order valence-corrected chi connectivity index (χ3v) is 5.43. The summed E-state index contributed by atoms with van der Waals surface area (Å²) in [6.45, 7) is 9.25. The Hall–Kier alpha value is -3.48. The largest absolute Gasteiger partial charge is 0.384 e. The van der Waals surface area contributed by atoms with Crippen molar-refractivity contribution in [1.29, 1.82) is 0 Å². The van der Waals surface area contributed by atoms with Crippen molar-refractivity contribution in [2.24, 2.45) is 0 Å². The minimum atomic E-state index is -1.12. The second-order valence-electron chi connectivity index (χ2n) is 8.47. The molecule has 0 aliphatic carbocycles. The second kappa shape index (κ2) is 11.1. The number of aromatic nitrogens is 2. The maximum atomic E-state index is 14.3. The highest BCUT2D eigenvalue weighted by Crippen LogP contribution is 2.26. The molecule has 0 fully saturated rings. The minimum Gasteiger partial charge on any atom is -0.384 e. The Labute approximate surface area is 200 Å². The number of allylic oxidation sites excluding steroid dienone is 5. The summed E-state index contributed by atoms with van der Waals surface area (Å²) < 4.78 is 16.2. The number of hydrogen-bond acceptors (Lipinski definition) is 4. The Kier molecular flexibility index (Phi) is 8.21. The number of aliphatic hydroxyl groups is 1. The van der Waals surface area contributed by atoms with Gasteiger partial charge in [-0.05, 0) is 61.2 Å². The first-order valence-corrected chi connectivity index (χ1v) is 11.2. The van der Waals surface area contributed by atoms with Gasteiger partial charge in [0.1, 0.15) is 17.2 Å². The first-order valence-electron chi connectivity index (χ1n) is 11.2. The van der Waals surface area contributed by atoms with Gasteiger partial charge in [-0.3, -0.25) is 10.3 Å². The highest BCUT2D eigenvalue weighted by molar-refractivity contribution is 5.76. The molecule has 3 aromatic rings. The van der Waals surface area contributed by atoms with Gasteiger partial charge in [-0.25, -0.2) is 9.37 Å². The van der Waals surface area contributed by atoms with Gasteiger partial charge >= 0.3 is 0 Å². The molecule has 0 radical (unpaired) electrons. The molecule has 0 aliphatic heterocycles. The summed E-state index contributed by atoms with van der Waals surface area (Å²) in [5.74, 6) is 0.369. The molecule has 34 heavy (non-hydrogen) atoms. The predicted octanol–water partition coefficient (Wildman–Crippen LogP) is 5.84. The van der Waals surface area contributed by atoms with E-state index in [1.807, 2.05) is 54.1 Å². The van der Waals surface area contributed by atoms with Crippen molar-refractivity contribution in [2.75, 3.05) is 7.11 Å². The highest BCUT2D eigenvalue weighted by atomic mass is 19.1. The monoisotopic (exact) mass is 461 g/mol. The van der Waals surface area contributed by atoms with Gasteiger partial charge in [0, 0.05) is 24.0 Å². The molecule has 0 saturated carbocycles. The highest BCUT2D eigenvalue weighted by Gasteiger charge is 2.23. The Morgan fingerprint density at radius 2 is 1.91 bits per heavy atom. The van der Waals surface area contributed by atoms with Crippen molar-refractivity contribution in [3.05, 3.63) is 114 Å². The first kappa shape index (κ1) is 25.1. The molecule has 6 heteroatoms. The van der Waals surface area contributed by atoms with Crippen molar-refractivity contribution >= 4 is 5.57 Å². The number of imidazole rings is 1. The van der Waals surface area contributed by atoms with E-state index in [0.29, 0.717) is 23.5 Å². The van der Waals surface area contributed by atoms with Gasteiger partial charge in [0.2, 0.25) is 0 Å². The van der Waals surface area contributed by atoms with Gasteiger partial charge in [-0.2, -0.15) is 0 Å². The van der Waals surface area contributed by atoms with Crippen LogP contribution >= 0.6 is 0 Å². The van der Waals surface area contributed by atoms with Crippen LogP contribution in [0.2, 0.25) is 0 Å². The molecule has 0 atom stereocenters. The average Bonchev–Trinajstić information content (AvgIpc) is 3.24. The van der Waals surface area contributed by atoms with E-state index in [-0.39, 0.29) is 5.82 Å². The molecule has 178 valence electrons. The number of rotatable bonds is 10. The summed E-state index contributed by atoms with van der Waals surface area (Å²) in [6.07, 6.45) is 8.61. The third kappa shape index (κ3) is 6.10. The number of hydrogen-bond donors (Lipinski definition) is 2. The summed E-state index contributed by atoms with van der Waals surface area (Å²) in [6, 6.07) is 14.7. The zero-order valence-corrected chi connectivity index (χ0v) is 20.2. The van der Waals surface area contributed by atoms with Crippen molar-refractivity contribution in [3.8, 4) is 5.69 Å². The maximum Gasteiger partial charge on any atom is 0.126 e. The molecular weight excluding hydrogens is 429 g/mol. The van der Waals surface area contributed by atoms with Gasteiger partial charge in [-0.1, -0.05) is 56.0 Å². The van der Waals surface area contributed by atoms with E-state index in [4.69, 9.17) is 4.84 Å². The minimum absolute atomic E-state index is 0.278. The molecule has 2 N–H and O–H groups in total. The lowest BCUT2D eigenvalue weighted by Crippen LogP contribution is -2.16. The molecule has 0 saturated heterocycles. The van der Waals surface area contributed by atoms with E-state index in [9.17, 15) is 9.50 Å². The van der Waals surface area contributed by atoms with Crippen LogP contribution in [0.25, 0.3) is 11.3 Å². The predicted molar refractivity (Wildman–Crippen MR) is 135 cm³/mol. The Morgan fingerprint density at radius 1 is 1.21 bits per heavy atom. The van der Waals surface area contributed by atoms with E-state index < -0.39 is 5.60 Å². The summed E-state index contributed by atoms with van der Waals surface area (Å²) in [5, 5.41) is 10.5. The Balaban J connectivity index is 2.01. The van der Waals surface area contributed by atoms with E-state index in [1.165, 1.54) is 6.07 Å². The smallest absolute Gasteiger partial charge is 0.126 e. The van der Waals surface area contributed by atoms with Gasteiger partial charge in [-0.15, -0.1) is 0 Å². The van der Waals surface area contributed by atoms with Crippen LogP contribution in [0.15, 0.2) is 85.2 Å². The number of hydroxylamine groups is 1. The maximum absolute atomic E-state index is 14.3. The lowest BCUT2D eigenvalue weighted by Gasteiger charge is -2.13. The average molecular weight is 462 g/mol. The second-order valence-corrected chi connectivity index (χ2v) is 8.47. The Morgan fingerprint density at radius 3 is 2.50 bits per heavy atom. The molecule has 0 spiro atoms. The van der Waals surface area contributed by atoms with Crippen molar-refractivity contribution in [2.45, 2.75) is 39.2 Å². The zero-order chi connectivity index (χ0) is 24.7. The molecule has 5 nitrogen and oxygen atoms in total. The number of benzene rings is 2. The van der Waals surface area contributed by atoms with Crippen LogP contribution in [0.5, 0.6) is 0 Å². The van der Waals surface area contributed by atoms with Crippen LogP contribution in [0.3, 0.4) is 0 Å². The molecule has 0 aliphatic rings. The van der Waals surface area contributed by atoms with E-state index in [0.717, 1.165) is 28.9 Å². The number of nitrogens with one attached hydrogen (secondary N) is 1. The quantitative estimate of drug-likeness (QED) is 0.294. The lowest BCUT2D eigenvalue weighted by molar-refractivity contribution is 0.0741. The van der Waals surface area contributed by atoms with E-state index >= 15 is 0 Å². The zero-order valence-electron chi connectivity index (χ0n) is 20.2. The first-order chi connectivity index (χ1) is 16.3. The summed E-state index contributed by atoms with van der Waals surface area (Å²) in [4.78, 5) is 9.70. The third-order valence-electron chi connectivity index (χ3n) is 5.43. The molecule has 3 rings (SSSR count). The molecule has 1 heterocycles. The van der Waals surface area contributed by atoms with Crippen LogP contribution < -0.4 is 5.48 Å². The van der Waals surface area contributed by atoms with Gasteiger partial charge in [0.25, 0.3) is 0 Å². The van der Waals surface area contributed by atoms with Crippen molar-refractivity contribution in [3.63, 3.8) is 0 Å². The number of halogens is 1. The van der Waals surface area contributed by atoms with Gasteiger partial charge < -0.3 is 9.67 Å². The number of nitrogens with zero attached hydrogens (tertiary/aromatic N) is 2. The van der Waals surface area contributed by atoms with Gasteiger partial charge in [0.05, 0.1) is 12.8 Å². The summed E-state index contributed by atoms with van der Waals surface area (Å²) in [5.41, 5.74) is 6.65. The standard InChI is InChI=1S/C28H32FN3O2/c1-6-10-21(17-23(7-2)31-34-5)20-13-15-24(16-14-20)32-19-26(28(3,4)33)30-27(32)18-22-11-8-9-12-25(22)29/h6,8-17,19,31,33H,1,7,18H2,2-5H3/b21-10+,23-17+. The SMILES string of the molecule is C=C/C=C(\C=C(/CC)NOC)c1ccc(-n2cc(C(C)(C)O)nc2Cc2ccccc2F)cc1. The molecular formula is C28H32FN3O2. The molecule has 0 bridgehead atoms. The fraction of sp³-hybridized carbons (Fsp3) is 0.250. The summed E-state index contributed by atoms with van der Waals surface area (Å²) >= 11 is 0.